The van der Waals surface area contributed by atoms with E-state index in [1.54, 1.807) is 21.1 Å². The average Bonchev–Trinajstić information content (AvgIpc) is 2.38. The van der Waals surface area contributed by atoms with E-state index in [0.29, 0.717) is 13.0 Å². The molecule has 0 unspecified atom stereocenters. The van der Waals surface area contributed by atoms with Crippen molar-refractivity contribution in [2.24, 2.45) is 5.73 Å². The van der Waals surface area contributed by atoms with Crippen molar-refractivity contribution in [2.45, 2.75) is 19.4 Å². The summed E-state index contributed by atoms with van der Waals surface area (Å²) in [7, 11) is 3.22. The van der Waals surface area contributed by atoms with Gasteiger partial charge in [0.1, 0.15) is 11.5 Å². The number of methoxy groups -OCH3 is 2. The Bertz CT molecular complexity index is 405. The molecule has 0 saturated heterocycles. The molecule has 1 aromatic rings. The van der Waals surface area contributed by atoms with E-state index in [9.17, 15) is 4.79 Å². The van der Waals surface area contributed by atoms with Crippen molar-refractivity contribution >= 4 is 5.91 Å². The second kappa shape index (κ2) is 6.86. The maximum Gasteiger partial charge on any atom is 0.236 e. The minimum atomic E-state index is -0.484. The summed E-state index contributed by atoms with van der Waals surface area (Å²) in [5.41, 5.74) is 6.47. The number of amides is 1. The lowest BCUT2D eigenvalue weighted by atomic mass is 10.1. The minimum absolute atomic E-state index is 0.150. The Morgan fingerprint density at radius 3 is 2.67 bits per heavy atom. The van der Waals surface area contributed by atoms with E-state index in [-0.39, 0.29) is 5.91 Å². The first-order chi connectivity index (χ1) is 8.58. The number of nitrogens with two attached hydrogens (primary N) is 1. The van der Waals surface area contributed by atoms with Crippen molar-refractivity contribution in [3.8, 4) is 11.5 Å². The number of rotatable bonds is 6. The molecular weight excluding hydrogens is 232 g/mol. The van der Waals surface area contributed by atoms with Gasteiger partial charge in [-0.2, -0.15) is 0 Å². The van der Waals surface area contributed by atoms with Crippen molar-refractivity contribution in [1.29, 1.82) is 0 Å². The van der Waals surface area contributed by atoms with Crippen LogP contribution in [-0.2, 0) is 11.2 Å². The van der Waals surface area contributed by atoms with Crippen molar-refractivity contribution in [3.63, 3.8) is 0 Å². The van der Waals surface area contributed by atoms with Gasteiger partial charge in [0.2, 0.25) is 5.91 Å². The quantitative estimate of drug-likeness (QED) is 0.782. The molecule has 3 N–H and O–H groups in total. The third-order valence-corrected chi connectivity index (χ3v) is 2.60. The molecule has 0 aromatic heterocycles. The summed E-state index contributed by atoms with van der Waals surface area (Å²) in [4.78, 5) is 11.3. The van der Waals surface area contributed by atoms with Crippen LogP contribution in [0, 0.1) is 0 Å². The molecule has 0 fully saturated rings. The first-order valence-corrected chi connectivity index (χ1v) is 5.82. The van der Waals surface area contributed by atoms with Crippen LogP contribution in [0.4, 0.5) is 0 Å². The van der Waals surface area contributed by atoms with Gasteiger partial charge in [0.15, 0.2) is 0 Å². The van der Waals surface area contributed by atoms with Crippen LogP contribution in [0.1, 0.15) is 12.5 Å². The Kier molecular flexibility index (Phi) is 5.45. The van der Waals surface area contributed by atoms with E-state index >= 15 is 0 Å². The summed E-state index contributed by atoms with van der Waals surface area (Å²) < 4.78 is 10.4. The summed E-state index contributed by atoms with van der Waals surface area (Å²) in [5, 5.41) is 2.76. The highest BCUT2D eigenvalue weighted by Gasteiger charge is 2.08. The van der Waals surface area contributed by atoms with Crippen LogP contribution in [-0.4, -0.2) is 32.7 Å². The topological polar surface area (TPSA) is 73.6 Å². The standard InChI is InChI=1S/C13H20N2O3/c1-9(14)13(16)15-7-6-10-4-5-11(17-2)8-12(10)18-3/h4-5,8-9H,6-7,14H2,1-3H3,(H,15,16)/t9-/m1/s1. The van der Waals surface area contributed by atoms with Gasteiger partial charge in [-0.3, -0.25) is 4.79 Å². The molecule has 100 valence electrons. The molecule has 1 rings (SSSR count). The highest BCUT2D eigenvalue weighted by molar-refractivity contribution is 5.80. The van der Waals surface area contributed by atoms with Gasteiger partial charge in [0.05, 0.1) is 20.3 Å². The Morgan fingerprint density at radius 1 is 1.39 bits per heavy atom. The van der Waals surface area contributed by atoms with Gasteiger partial charge in [-0.25, -0.2) is 0 Å². The lowest BCUT2D eigenvalue weighted by Crippen LogP contribution is -2.39. The number of ether oxygens (including phenoxy) is 2. The second-order valence-electron chi connectivity index (χ2n) is 4.01. The lowest BCUT2D eigenvalue weighted by molar-refractivity contribution is -0.121. The Morgan fingerprint density at radius 2 is 2.11 bits per heavy atom. The van der Waals surface area contributed by atoms with Gasteiger partial charge in [-0.1, -0.05) is 6.07 Å². The molecule has 5 heteroatoms. The Hall–Kier alpha value is -1.75. The van der Waals surface area contributed by atoms with Crippen molar-refractivity contribution < 1.29 is 14.3 Å². The lowest BCUT2D eigenvalue weighted by Gasteiger charge is -2.11. The van der Waals surface area contributed by atoms with E-state index in [4.69, 9.17) is 15.2 Å². The van der Waals surface area contributed by atoms with Crippen LogP contribution in [0.5, 0.6) is 11.5 Å². The predicted molar refractivity (Wildman–Crippen MR) is 69.9 cm³/mol. The maximum absolute atomic E-state index is 11.3. The first kappa shape index (κ1) is 14.3. The summed E-state index contributed by atoms with van der Waals surface area (Å²) in [5.74, 6) is 1.35. The number of hydrogen-bond acceptors (Lipinski definition) is 4. The fraction of sp³-hybridized carbons (Fsp3) is 0.462. The summed E-state index contributed by atoms with van der Waals surface area (Å²) >= 11 is 0. The highest BCUT2D eigenvalue weighted by Crippen LogP contribution is 2.24. The molecule has 1 atom stereocenters. The molecule has 0 radical (unpaired) electrons. The SMILES string of the molecule is COc1ccc(CCNC(=O)[C@@H](C)N)c(OC)c1. The number of nitrogens with one attached hydrogen (secondary N) is 1. The fourth-order valence-corrected chi connectivity index (χ4v) is 1.54. The highest BCUT2D eigenvalue weighted by atomic mass is 16.5. The zero-order valence-electron chi connectivity index (χ0n) is 11.0. The molecule has 1 amide bonds. The predicted octanol–water partition coefficient (Wildman–Crippen LogP) is 0.710. The van der Waals surface area contributed by atoms with Gasteiger partial charge in [0.25, 0.3) is 0 Å². The fourth-order valence-electron chi connectivity index (χ4n) is 1.54. The summed E-state index contributed by atoms with van der Waals surface area (Å²) in [6, 6.07) is 5.13. The maximum atomic E-state index is 11.3. The smallest absolute Gasteiger partial charge is 0.236 e. The monoisotopic (exact) mass is 252 g/mol. The van der Waals surface area contributed by atoms with Gasteiger partial charge < -0.3 is 20.5 Å². The second-order valence-corrected chi connectivity index (χ2v) is 4.01. The van der Waals surface area contributed by atoms with Crippen LogP contribution >= 0.6 is 0 Å². The van der Waals surface area contributed by atoms with Gasteiger partial charge >= 0.3 is 0 Å². The number of hydrogen-bond donors (Lipinski definition) is 2. The third-order valence-electron chi connectivity index (χ3n) is 2.60. The number of carbonyl (C=O) groups is 1. The van der Waals surface area contributed by atoms with Crippen LogP contribution in [0.2, 0.25) is 0 Å². The molecule has 0 aliphatic carbocycles. The molecule has 5 nitrogen and oxygen atoms in total. The van der Waals surface area contributed by atoms with E-state index in [2.05, 4.69) is 5.32 Å². The van der Waals surface area contributed by atoms with Crippen molar-refractivity contribution in [3.05, 3.63) is 23.8 Å². The van der Waals surface area contributed by atoms with Crippen LogP contribution in [0.25, 0.3) is 0 Å². The van der Waals surface area contributed by atoms with Gasteiger partial charge in [-0.05, 0) is 25.0 Å². The van der Waals surface area contributed by atoms with Gasteiger partial charge in [0, 0.05) is 12.6 Å². The van der Waals surface area contributed by atoms with Crippen LogP contribution in [0.15, 0.2) is 18.2 Å². The van der Waals surface area contributed by atoms with Crippen molar-refractivity contribution in [2.75, 3.05) is 20.8 Å². The molecule has 0 aliphatic rings. The van der Waals surface area contributed by atoms with Crippen LogP contribution < -0.4 is 20.5 Å². The molecule has 0 bridgehead atoms. The van der Waals surface area contributed by atoms with Gasteiger partial charge in [-0.15, -0.1) is 0 Å². The summed E-state index contributed by atoms with van der Waals surface area (Å²) in [6.07, 6.45) is 0.686. The van der Waals surface area contributed by atoms with E-state index in [1.165, 1.54) is 0 Å². The van der Waals surface area contributed by atoms with E-state index in [0.717, 1.165) is 17.1 Å². The molecular formula is C13H20N2O3. The largest absolute Gasteiger partial charge is 0.497 e. The number of benzene rings is 1. The third kappa shape index (κ3) is 3.92. The molecule has 0 saturated carbocycles. The molecule has 0 aliphatic heterocycles. The minimum Gasteiger partial charge on any atom is -0.497 e. The zero-order valence-corrected chi connectivity index (χ0v) is 11.0. The molecule has 18 heavy (non-hydrogen) atoms. The van der Waals surface area contributed by atoms with Crippen LogP contribution in [0.3, 0.4) is 0 Å². The molecule has 0 heterocycles. The zero-order chi connectivity index (χ0) is 13.5. The molecule has 1 aromatic carbocycles. The summed E-state index contributed by atoms with van der Waals surface area (Å²) in [6.45, 7) is 2.19. The number of carbonyl (C=O) groups excluding carboxylic acids is 1. The van der Waals surface area contributed by atoms with E-state index < -0.39 is 6.04 Å². The molecule has 0 spiro atoms. The Balaban J connectivity index is 2.59. The first-order valence-electron chi connectivity index (χ1n) is 5.82. The van der Waals surface area contributed by atoms with E-state index in [1.807, 2.05) is 18.2 Å². The Labute approximate surface area is 107 Å². The normalized spacial score (nSPS) is 11.8. The van der Waals surface area contributed by atoms with Crippen molar-refractivity contribution in [1.82, 2.24) is 5.32 Å². The average molecular weight is 252 g/mol.